The van der Waals surface area contributed by atoms with Crippen LogP contribution in [0.2, 0.25) is 0 Å². The molecule has 1 aliphatic carbocycles. The second kappa shape index (κ2) is 7.03. The van der Waals surface area contributed by atoms with Crippen LogP contribution in [0.3, 0.4) is 0 Å². The molecule has 0 bridgehead atoms. The highest BCUT2D eigenvalue weighted by Crippen LogP contribution is 2.32. The molecule has 0 spiro atoms. The first-order valence-electron chi connectivity index (χ1n) is 7.99. The van der Waals surface area contributed by atoms with Crippen molar-refractivity contribution >= 4 is 5.91 Å². The van der Waals surface area contributed by atoms with Crippen LogP contribution in [-0.4, -0.2) is 38.1 Å². The van der Waals surface area contributed by atoms with Gasteiger partial charge in [0.2, 0.25) is 0 Å². The topological polar surface area (TPSA) is 38.8 Å². The van der Waals surface area contributed by atoms with Crippen molar-refractivity contribution in [2.24, 2.45) is 5.92 Å². The molecule has 122 valence electrons. The van der Waals surface area contributed by atoms with Crippen LogP contribution in [0.1, 0.15) is 48.5 Å². The average molecular weight is 305 g/mol. The fourth-order valence-corrected chi connectivity index (χ4v) is 3.44. The summed E-state index contributed by atoms with van der Waals surface area (Å²) in [4.78, 5) is 14.7. The number of carbonyl (C=O) groups excluding carboxylic acids is 1. The van der Waals surface area contributed by atoms with Crippen molar-refractivity contribution in [2.75, 3.05) is 21.3 Å². The third-order valence-electron chi connectivity index (χ3n) is 4.88. The Morgan fingerprint density at radius 2 is 1.68 bits per heavy atom. The molecule has 0 heterocycles. The standard InChI is InChI=1S/C18H27NO3/c1-12-8-6-7-9-15(12)19(3)18(20)14-10-16(21-4)13(2)17(11-14)22-5/h10-12,15H,6-9H2,1-5H3. The Hall–Kier alpha value is -1.71. The molecule has 2 unspecified atom stereocenters. The van der Waals surface area contributed by atoms with Crippen molar-refractivity contribution in [1.82, 2.24) is 4.90 Å². The summed E-state index contributed by atoms with van der Waals surface area (Å²) in [5.74, 6) is 1.97. The summed E-state index contributed by atoms with van der Waals surface area (Å²) >= 11 is 0. The minimum Gasteiger partial charge on any atom is -0.496 e. The van der Waals surface area contributed by atoms with E-state index in [2.05, 4.69) is 6.92 Å². The van der Waals surface area contributed by atoms with Crippen LogP contribution in [0, 0.1) is 12.8 Å². The summed E-state index contributed by atoms with van der Waals surface area (Å²) < 4.78 is 10.7. The smallest absolute Gasteiger partial charge is 0.254 e. The van der Waals surface area contributed by atoms with Gasteiger partial charge in [0.15, 0.2) is 0 Å². The molecule has 1 saturated carbocycles. The average Bonchev–Trinajstić information content (AvgIpc) is 2.54. The Balaban J connectivity index is 2.28. The summed E-state index contributed by atoms with van der Waals surface area (Å²) in [6, 6.07) is 3.94. The molecule has 4 heteroatoms. The van der Waals surface area contributed by atoms with Gasteiger partial charge in [0, 0.05) is 24.2 Å². The lowest BCUT2D eigenvalue weighted by atomic mass is 9.85. The number of hydrogen-bond acceptors (Lipinski definition) is 3. The highest BCUT2D eigenvalue weighted by Gasteiger charge is 2.29. The summed E-state index contributed by atoms with van der Waals surface area (Å²) in [5.41, 5.74) is 1.54. The number of amides is 1. The van der Waals surface area contributed by atoms with Crippen molar-refractivity contribution in [3.05, 3.63) is 23.3 Å². The molecule has 4 nitrogen and oxygen atoms in total. The van der Waals surface area contributed by atoms with E-state index in [0.717, 1.165) is 12.0 Å². The van der Waals surface area contributed by atoms with Crippen LogP contribution in [0.4, 0.5) is 0 Å². The van der Waals surface area contributed by atoms with E-state index in [4.69, 9.17) is 9.47 Å². The van der Waals surface area contributed by atoms with Crippen LogP contribution in [0.25, 0.3) is 0 Å². The van der Waals surface area contributed by atoms with E-state index in [9.17, 15) is 4.79 Å². The molecule has 0 saturated heterocycles. The maximum absolute atomic E-state index is 12.9. The number of methoxy groups -OCH3 is 2. The first kappa shape index (κ1) is 16.7. The summed E-state index contributed by atoms with van der Waals surface area (Å²) in [5, 5.41) is 0. The molecule has 1 aromatic rings. The van der Waals surface area contributed by atoms with Gasteiger partial charge in [-0.1, -0.05) is 19.8 Å². The van der Waals surface area contributed by atoms with Gasteiger partial charge in [0.05, 0.1) is 14.2 Å². The Kier molecular flexibility index (Phi) is 5.33. The second-order valence-electron chi connectivity index (χ2n) is 6.25. The predicted molar refractivity (Wildman–Crippen MR) is 87.8 cm³/mol. The zero-order valence-corrected chi connectivity index (χ0v) is 14.3. The molecule has 0 N–H and O–H groups in total. The van der Waals surface area contributed by atoms with Crippen LogP contribution in [0.15, 0.2) is 12.1 Å². The van der Waals surface area contributed by atoms with E-state index < -0.39 is 0 Å². The predicted octanol–water partition coefficient (Wildman–Crippen LogP) is 3.66. The molecule has 22 heavy (non-hydrogen) atoms. The number of nitrogens with zero attached hydrogens (tertiary/aromatic N) is 1. The number of benzene rings is 1. The zero-order chi connectivity index (χ0) is 16.3. The molecule has 0 aliphatic heterocycles. The maximum atomic E-state index is 12.9. The summed E-state index contributed by atoms with van der Waals surface area (Å²) in [7, 11) is 5.14. The Morgan fingerprint density at radius 1 is 1.14 bits per heavy atom. The summed E-state index contributed by atoms with van der Waals surface area (Å²) in [6.45, 7) is 4.17. The lowest BCUT2D eigenvalue weighted by Gasteiger charge is -2.36. The van der Waals surface area contributed by atoms with Crippen molar-refractivity contribution in [3.63, 3.8) is 0 Å². The van der Waals surface area contributed by atoms with Gasteiger partial charge < -0.3 is 14.4 Å². The lowest BCUT2D eigenvalue weighted by Crippen LogP contribution is -2.42. The van der Waals surface area contributed by atoms with Crippen molar-refractivity contribution in [2.45, 2.75) is 45.6 Å². The van der Waals surface area contributed by atoms with Crippen LogP contribution in [-0.2, 0) is 0 Å². The largest absolute Gasteiger partial charge is 0.496 e. The van der Waals surface area contributed by atoms with E-state index in [1.54, 1.807) is 14.2 Å². The van der Waals surface area contributed by atoms with Crippen molar-refractivity contribution in [3.8, 4) is 11.5 Å². The first-order valence-corrected chi connectivity index (χ1v) is 7.99. The van der Waals surface area contributed by atoms with E-state index in [1.165, 1.54) is 19.3 Å². The highest BCUT2D eigenvalue weighted by atomic mass is 16.5. The minimum absolute atomic E-state index is 0.0374. The fourth-order valence-electron chi connectivity index (χ4n) is 3.44. The van der Waals surface area contributed by atoms with Gasteiger partial charge in [0.25, 0.3) is 5.91 Å². The minimum atomic E-state index is 0.0374. The number of carbonyl (C=O) groups is 1. The SMILES string of the molecule is COc1cc(C(=O)N(C)C2CCCCC2C)cc(OC)c1C. The Bertz CT molecular complexity index is 516. The van der Waals surface area contributed by atoms with Gasteiger partial charge >= 0.3 is 0 Å². The van der Waals surface area contributed by atoms with Gasteiger partial charge in [-0.25, -0.2) is 0 Å². The highest BCUT2D eigenvalue weighted by molar-refractivity contribution is 5.95. The van der Waals surface area contributed by atoms with Crippen LogP contribution in [0.5, 0.6) is 11.5 Å². The van der Waals surface area contributed by atoms with E-state index in [-0.39, 0.29) is 5.91 Å². The lowest BCUT2D eigenvalue weighted by molar-refractivity contribution is 0.0628. The molecule has 2 atom stereocenters. The third-order valence-corrected chi connectivity index (χ3v) is 4.88. The Morgan fingerprint density at radius 3 is 2.18 bits per heavy atom. The van der Waals surface area contributed by atoms with Crippen molar-refractivity contribution < 1.29 is 14.3 Å². The van der Waals surface area contributed by atoms with E-state index in [0.29, 0.717) is 29.0 Å². The molecule has 1 fully saturated rings. The number of rotatable bonds is 4. The molecule has 1 aliphatic rings. The molecule has 2 rings (SSSR count). The van der Waals surface area contributed by atoms with Gasteiger partial charge in [-0.05, 0) is 37.8 Å². The maximum Gasteiger partial charge on any atom is 0.254 e. The van der Waals surface area contributed by atoms with Gasteiger partial charge in [0.1, 0.15) is 11.5 Å². The van der Waals surface area contributed by atoms with E-state index in [1.807, 2.05) is 31.0 Å². The molecule has 1 amide bonds. The monoisotopic (exact) mass is 305 g/mol. The number of ether oxygens (including phenoxy) is 2. The van der Waals surface area contributed by atoms with Crippen LogP contribution < -0.4 is 9.47 Å². The third kappa shape index (κ3) is 3.21. The molecular weight excluding hydrogens is 278 g/mol. The second-order valence-corrected chi connectivity index (χ2v) is 6.25. The zero-order valence-electron chi connectivity index (χ0n) is 14.3. The normalized spacial score (nSPS) is 21.3. The molecule has 0 aromatic heterocycles. The van der Waals surface area contributed by atoms with Crippen molar-refractivity contribution in [1.29, 1.82) is 0 Å². The fraction of sp³-hybridized carbons (Fsp3) is 0.611. The molecular formula is C18H27NO3. The van der Waals surface area contributed by atoms with Gasteiger partial charge in [-0.3, -0.25) is 4.79 Å². The quantitative estimate of drug-likeness (QED) is 0.852. The summed E-state index contributed by atoms with van der Waals surface area (Å²) in [6.07, 6.45) is 4.76. The Labute approximate surface area is 133 Å². The molecule has 1 aromatic carbocycles. The number of hydrogen-bond donors (Lipinski definition) is 0. The van der Waals surface area contributed by atoms with Gasteiger partial charge in [-0.15, -0.1) is 0 Å². The molecule has 0 radical (unpaired) electrons. The van der Waals surface area contributed by atoms with Crippen LogP contribution >= 0.6 is 0 Å². The van der Waals surface area contributed by atoms with E-state index >= 15 is 0 Å². The first-order chi connectivity index (χ1) is 10.5. The van der Waals surface area contributed by atoms with Gasteiger partial charge in [-0.2, -0.15) is 0 Å².